The highest BCUT2D eigenvalue weighted by Gasteiger charge is 2.18. The van der Waals surface area contributed by atoms with E-state index in [2.05, 4.69) is 10.3 Å². The van der Waals surface area contributed by atoms with Gasteiger partial charge in [0, 0.05) is 17.8 Å². The maximum Gasteiger partial charge on any atom is 0.258 e. The van der Waals surface area contributed by atoms with Crippen molar-refractivity contribution in [2.24, 2.45) is 0 Å². The predicted octanol–water partition coefficient (Wildman–Crippen LogP) is 1.43. The number of hydrogen-bond acceptors (Lipinski definition) is 3. The van der Waals surface area contributed by atoms with Gasteiger partial charge in [0.2, 0.25) is 0 Å². The van der Waals surface area contributed by atoms with E-state index < -0.39 is 0 Å². The molecule has 1 aliphatic rings. The number of fused-ring (bicyclic) bond motifs is 1. The monoisotopic (exact) mass is 229 g/mol. The number of aromatic nitrogens is 2. The van der Waals surface area contributed by atoms with Gasteiger partial charge in [-0.2, -0.15) is 0 Å². The van der Waals surface area contributed by atoms with E-state index in [-0.39, 0.29) is 11.6 Å². The van der Waals surface area contributed by atoms with Gasteiger partial charge in [0.15, 0.2) is 0 Å². The molecule has 4 nitrogen and oxygen atoms in total. The van der Waals surface area contributed by atoms with Gasteiger partial charge in [-0.25, -0.2) is 4.98 Å². The van der Waals surface area contributed by atoms with Crippen molar-refractivity contribution in [2.75, 3.05) is 6.54 Å². The fourth-order valence-corrected chi connectivity index (χ4v) is 2.45. The zero-order valence-corrected chi connectivity index (χ0v) is 9.81. The molecule has 0 amide bonds. The molecule has 1 aliphatic heterocycles. The summed E-state index contributed by atoms with van der Waals surface area (Å²) in [5.41, 5.74) is 2.54. The summed E-state index contributed by atoms with van der Waals surface area (Å²) < 4.78 is 1.65. The lowest BCUT2D eigenvalue weighted by Crippen LogP contribution is -2.22. The highest BCUT2D eigenvalue weighted by Crippen LogP contribution is 2.20. The van der Waals surface area contributed by atoms with Crippen LogP contribution in [-0.4, -0.2) is 15.9 Å². The van der Waals surface area contributed by atoms with Crippen LogP contribution in [0, 0.1) is 6.92 Å². The number of nitrogens with one attached hydrogen (secondary N) is 1. The quantitative estimate of drug-likeness (QED) is 0.804. The molecule has 2 aromatic heterocycles. The molecule has 1 unspecified atom stereocenters. The molecule has 88 valence electrons. The molecule has 17 heavy (non-hydrogen) atoms. The predicted molar refractivity (Wildman–Crippen MR) is 66.2 cm³/mol. The fourth-order valence-electron chi connectivity index (χ4n) is 2.45. The number of hydrogen-bond donors (Lipinski definition) is 1. The second kappa shape index (κ2) is 3.96. The van der Waals surface area contributed by atoms with Gasteiger partial charge in [-0.3, -0.25) is 9.20 Å². The highest BCUT2D eigenvalue weighted by molar-refractivity contribution is 5.40. The van der Waals surface area contributed by atoms with Crippen LogP contribution in [-0.2, 0) is 0 Å². The summed E-state index contributed by atoms with van der Waals surface area (Å²) in [5, 5.41) is 3.37. The van der Waals surface area contributed by atoms with Crippen molar-refractivity contribution in [3.8, 4) is 0 Å². The molecule has 0 saturated carbocycles. The Morgan fingerprint density at radius 2 is 2.35 bits per heavy atom. The molecule has 1 fully saturated rings. The zero-order valence-electron chi connectivity index (χ0n) is 9.81. The Bertz CT molecular complexity index is 612. The lowest BCUT2D eigenvalue weighted by molar-refractivity contribution is 0.625. The van der Waals surface area contributed by atoms with Crippen LogP contribution in [0.25, 0.3) is 5.65 Å². The number of aryl methyl sites for hydroxylation is 1. The van der Waals surface area contributed by atoms with E-state index in [0.29, 0.717) is 0 Å². The smallest absolute Gasteiger partial charge is 0.258 e. The molecule has 4 heteroatoms. The minimum Gasteiger partial charge on any atom is -0.309 e. The van der Waals surface area contributed by atoms with Gasteiger partial charge in [-0.15, -0.1) is 0 Å². The summed E-state index contributed by atoms with van der Waals surface area (Å²) in [7, 11) is 0. The minimum absolute atomic E-state index is 0.0109. The van der Waals surface area contributed by atoms with E-state index >= 15 is 0 Å². The Morgan fingerprint density at radius 1 is 1.47 bits per heavy atom. The maximum absolute atomic E-state index is 12.1. The molecule has 1 N–H and O–H groups in total. The first-order valence-electron chi connectivity index (χ1n) is 5.98. The largest absolute Gasteiger partial charge is 0.309 e. The Hall–Kier alpha value is -1.68. The number of nitrogens with zero attached hydrogens (tertiary/aromatic N) is 2. The molecule has 0 aromatic carbocycles. The standard InChI is InChI=1S/C13H15N3O/c1-9-4-2-6-12-15-11(8-13(17)16(9)12)10-5-3-7-14-10/h2,4,6,8,10,14H,3,5,7H2,1H3. The van der Waals surface area contributed by atoms with Gasteiger partial charge in [0.1, 0.15) is 5.65 Å². The van der Waals surface area contributed by atoms with E-state index in [0.717, 1.165) is 36.4 Å². The van der Waals surface area contributed by atoms with Crippen molar-refractivity contribution in [3.63, 3.8) is 0 Å². The average molecular weight is 229 g/mol. The van der Waals surface area contributed by atoms with Crippen molar-refractivity contribution in [1.29, 1.82) is 0 Å². The van der Waals surface area contributed by atoms with Crippen molar-refractivity contribution in [1.82, 2.24) is 14.7 Å². The third-order valence-corrected chi connectivity index (χ3v) is 3.32. The van der Waals surface area contributed by atoms with Crippen molar-refractivity contribution < 1.29 is 0 Å². The summed E-state index contributed by atoms with van der Waals surface area (Å²) in [6, 6.07) is 7.63. The highest BCUT2D eigenvalue weighted by atomic mass is 16.1. The van der Waals surface area contributed by atoms with Crippen LogP contribution in [0.1, 0.15) is 30.3 Å². The second-order valence-electron chi connectivity index (χ2n) is 4.53. The van der Waals surface area contributed by atoms with Gasteiger partial charge in [0.25, 0.3) is 5.56 Å². The Kier molecular flexibility index (Phi) is 2.44. The lowest BCUT2D eigenvalue weighted by Gasteiger charge is -2.11. The third kappa shape index (κ3) is 1.74. The van der Waals surface area contributed by atoms with E-state index in [9.17, 15) is 4.79 Å². The lowest BCUT2D eigenvalue weighted by atomic mass is 10.1. The molecule has 0 spiro atoms. The molecule has 3 rings (SSSR count). The number of pyridine rings is 1. The SMILES string of the molecule is Cc1cccc2nc(C3CCCN3)cc(=O)n12. The van der Waals surface area contributed by atoms with Gasteiger partial charge in [0.05, 0.1) is 5.69 Å². The van der Waals surface area contributed by atoms with Gasteiger partial charge in [-0.1, -0.05) is 6.07 Å². The van der Waals surface area contributed by atoms with Crippen LogP contribution < -0.4 is 10.9 Å². The Labute approximate surface area is 99.3 Å². The average Bonchev–Trinajstić information content (AvgIpc) is 2.81. The first kappa shape index (κ1) is 10.5. The van der Waals surface area contributed by atoms with Crippen LogP contribution >= 0.6 is 0 Å². The van der Waals surface area contributed by atoms with Gasteiger partial charge >= 0.3 is 0 Å². The summed E-state index contributed by atoms with van der Waals surface area (Å²) in [4.78, 5) is 16.7. The molecule has 0 aliphatic carbocycles. The topological polar surface area (TPSA) is 46.4 Å². The van der Waals surface area contributed by atoms with Crippen molar-refractivity contribution >= 4 is 5.65 Å². The fraction of sp³-hybridized carbons (Fsp3) is 0.385. The first-order chi connectivity index (χ1) is 8.25. The van der Waals surface area contributed by atoms with E-state index in [4.69, 9.17) is 0 Å². The second-order valence-corrected chi connectivity index (χ2v) is 4.53. The van der Waals surface area contributed by atoms with Crippen LogP contribution in [0.2, 0.25) is 0 Å². The molecule has 1 saturated heterocycles. The normalized spacial score (nSPS) is 19.9. The Balaban J connectivity index is 2.20. The molecule has 0 radical (unpaired) electrons. The first-order valence-corrected chi connectivity index (χ1v) is 5.98. The van der Waals surface area contributed by atoms with Gasteiger partial charge < -0.3 is 5.32 Å². The van der Waals surface area contributed by atoms with Crippen LogP contribution in [0.3, 0.4) is 0 Å². The molecule has 2 aromatic rings. The molecule has 3 heterocycles. The van der Waals surface area contributed by atoms with E-state index in [1.54, 1.807) is 10.5 Å². The van der Waals surface area contributed by atoms with E-state index in [1.807, 2.05) is 25.1 Å². The summed E-state index contributed by atoms with van der Waals surface area (Å²) in [6.07, 6.45) is 2.22. The number of rotatable bonds is 1. The Morgan fingerprint density at radius 3 is 3.12 bits per heavy atom. The zero-order chi connectivity index (χ0) is 11.8. The molecular formula is C13H15N3O. The summed E-state index contributed by atoms with van der Waals surface area (Å²) in [6.45, 7) is 2.93. The van der Waals surface area contributed by atoms with Crippen LogP contribution in [0.15, 0.2) is 29.1 Å². The van der Waals surface area contributed by atoms with Crippen molar-refractivity contribution in [3.05, 3.63) is 46.0 Å². The van der Waals surface area contributed by atoms with Crippen LogP contribution in [0.5, 0.6) is 0 Å². The molecular weight excluding hydrogens is 214 g/mol. The summed E-state index contributed by atoms with van der Waals surface area (Å²) >= 11 is 0. The molecule has 0 bridgehead atoms. The maximum atomic E-state index is 12.1. The van der Waals surface area contributed by atoms with E-state index in [1.165, 1.54) is 0 Å². The van der Waals surface area contributed by atoms with Crippen molar-refractivity contribution in [2.45, 2.75) is 25.8 Å². The third-order valence-electron chi connectivity index (χ3n) is 3.32. The van der Waals surface area contributed by atoms with Gasteiger partial charge in [-0.05, 0) is 38.4 Å². The van der Waals surface area contributed by atoms with Crippen LogP contribution in [0.4, 0.5) is 0 Å². The molecule has 1 atom stereocenters. The summed E-state index contributed by atoms with van der Waals surface area (Å²) in [5.74, 6) is 0. The minimum atomic E-state index is 0.0109.